The van der Waals surface area contributed by atoms with Crippen molar-refractivity contribution in [3.05, 3.63) is 39.9 Å². The number of hydrogen-bond donors (Lipinski definition) is 2. The minimum Gasteiger partial charge on any atom is -0.270 e. The molecule has 0 aliphatic carbocycles. The molecule has 5 heteroatoms. The minimum absolute atomic E-state index is 0.118. The second-order valence-corrected chi connectivity index (χ2v) is 3.03. The Bertz CT molecular complexity index is 384. The lowest BCUT2D eigenvalue weighted by molar-refractivity contribution is -0.444. The van der Waals surface area contributed by atoms with Crippen LogP contribution in [0.4, 0.5) is 5.69 Å². The van der Waals surface area contributed by atoms with Gasteiger partial charge in [-0.1, -0.05) is 0 Å². The van der Waals surface area contributed by atoms with Gasteiger partial charge in [0.05, 0.1) is 10.5 Å². The fourth-order valence-corrected chi connectivity index (χ4v) is 1.39. The van der Waals surface area contributed by atoms with Crippen molar-refractivity contribution in [1.29, 1.82) is 0 Å². The third-order valence-corrected chi connectivity index (χ3v) is 2.10. The summed E-state index contributed by atoms with van der Waals surface area (Å²) in [6.07, 6.45) is 0. The maximum absolute atomic E-state index is 10.4. The number of nitro groups is 1. The Labute approximate surface area is 80.6 Å². The zero-order chi connectivity index (χ0) is 9.97. The molecule has 0 saturated carbocycles. The molecule has 5 nitrogen and oxygen atoms in total. The fraction of sp³-hybridized carbons (Fsp3) is 0.222. The second kappa shape index (κ2) is 3.45. The highest BCUT2D eigenvalue weighted by Gasteiger charge is 2.15. The first-order valence-corrected chi connectivity index (χ1v) is 4.37. The van der Waals surface area contributed by atoms with Gasteiger partial charge in [-0.2, -0.15) is 0 Å². The van der Waals surface area contributed by atoms with Crippen LogP contribution in [-0.2, 0) is 0 Å². The molecule has 1 aromatic carbocycles. The normalized spacial score (nSPS) is 14.7. The lowest BCUT2D eigenvalue weighted by Crippen LogP contribution is -2.70. The number of nitrogens with one attached hydrogen (secondary N) is 2. The van der Waals surface area contributed by atoms with Crippen molar-refractivity contribution >= 4 is 11.5 Å². The Morgan fingerprint density at radius 1 is 1.36 bits per heavy atom. The molecule has 1 heterocycles. The van der Waals surface area contributed by atoms with Gasteiger partial charge in [0.25, 0.3) is 11.5 Å². The Hall–Kier alpha value is -1.91. The van der Waals surface area contributed by atoms with E-state index in [2.05, 4.69) is 10.3 Å². The van der Waals surface area contributed by atoms with Crippen LogP contribution in [0.5, 0.6) is 0 Å². The topological polar surface area (TPSA) is 69.1 Å². The molecule has 0 spiro atoms. The van der Waals surface area contributed by atoms with Gasteiger partial charge < -0.3 is 0 Å². The van der Waals surface area contributed by atoms with E-state index >= 15 is 0 Å². The molecule has 1 aromatic rings. The van der Waals surface area contributed by atoms with Gasteiger partial charge in [0.2, 0.25) is 0 Å². The van der Waals surface area contributed by atoms with Crippen LogP contribution in [0.15, 0.2) is 24.3 Å². The van der Waals surface area contributed by atoms with Crippen LogP contribution in [0, 0.1) is 10.1 Å². The summed E-state index contributed by atoms with van der Waals surface area (Å²) in [7, 11) is 0. The Morgan fingerprint density at radius 2 is 2.07 bits per heavy atom. The first-order valence-electron chi connectivity index (χ1n) is 4.37. The molecule has 0 radical (unpaired) electrons. The number of amidine groups is 1. The number of non-ortho nitro benzene ring substituents is 1. The molecule has 1 aliphatic rings. The van der Waals surface area contributed by atoms with E-state index in [1.54, 1.807) is 12.1 Å². The molecule has 0 bridgehead atoms. The molecule has 2 rings (SSSR count). The van der Waals surface area contributed by atoms with Crippen molar-refractivity contribution in [3.8, 4) is 0 Å². The van der Waals surface area contributed by atoms with Crippen molar-refractivity contribution in [1.82, 2.24) is 5.32 Å². The fourth-order valence-electron chi connectivity index (χ4n) is 1.39. The van der Waals surface area contributed by atoms with E-state index in [4.69, 9.17) is 0 Å². The van der Waals surface area contributed by atoms with E-state index in [0.29, 0.717) is 0 Å². The van der Waals surface area contributed by atoms with Crippen LogP contribution in [0.25, 0.3) is 0 Å². The molecule has 2 N–H and O–H groups in total. The van der Waals surface area contributed by atoms with Gasteiger partial charge in [0.15, 0.2) is 0 Å². The summed E-state index contributed by atoms with van der Waals surface area (Å²) in [5.74, 6) is 0.944. The molecule has 14 heavy (non-hydrogen) atoms. The zero-order valence-electron chi connectivity index (χ0n) is 7.49. The lowest BCUT2D eigenvalue weighted by Gasteiger charge is -1.95. The Kier molecular flexibility index (Phi) is 2.14. The second-order valence-electron chi connectivity index (χ2n) is 3.03. The van der Waals surface area contributed by atoms with E-state index < -0.39 is 4.92 Å². The molecular weight excluding hydrogens is 182 g/mol. The minimum atomic E-state index is -0.399. The van der Waals surface area contributed by atoms with Gasteiger partial charge in [-0.3, -0.25) is 20.4 Å². The quantitative estimate of drug-likeness (QED) is 0.467. The van der Waals surface area contributed by atoms with Crippen LogP contribution < -0.4 is 10.3 Å². The highest BCUT2D eigenvalue weighted by Crippen LogP contribution is 2.11. The number of nitro benzene ring substituents is 1. The van der Waals surface area contributed by atoms with Crippen LogP contribution in [0.2, 0.25) is 0 Å². The molecule has 1 aliphatic heterocycles. The van der Waals surface area contributed by atoms with Gasteiger partial charge in [-0.25, -0.2) is 0 Å². The molecule has 0 saturated heterocycles. The van der Waals surface area contributed by atoms with Gasteiger partial charge in [-0.05, 0) is 12.1 Å². The maximum atomic E-state index is 10.4. The summed E-state index contributed by atoms with van der Waals surface area (Å²) >= 11 is 0. The average Bonchev–Trinajstić information content (AvgIpc) is 2.71. The molecule has 0 atom stereocenters. The summed E-state index contributed by atoms with van der Waals surface area (Å²) in [5, 5.41) is 13.6. The number of nitrogens with zero attached hydrogens (tertiary/aromatic N) is 1. The standard InChI is InChI=1S/C9H9N3O2/c13-12(14)8-3-1-7(2-4-8)9-10-5-6-11-9/h1-4H,5-6H2,(H,10,11)/p+1. The van der Waals surface area contributed by atoms with E-state index in [1.807, 2.05) is 0 Å². The highest BCUT2D eigenvalue weighted by atomic mass is 16.6. The third-order valence-electron chi connectivity index (χ3n) is 2.10. The van der Waals surface area contributed by atoms with E-state index in [-0.39, 0.29) is 5.69 Å². The molecule has 0 unspecified atom stereocenters. The van der Waals surface area contributed by atoms with Gasteiger partial charge >= 0.3 is 0 Å². The first-order chi connectivity index (χ1) is 6.77. The molecule has 72 valence electrons. The average molecular weight is 192 g/mol. The zero-order valence-corrected chi connectivity index (χ0v) is 7.49. The van der Waals surface area contributed by atoms with Gasteiger partial charge in [-0.15, -0.1) is 0 Å². The molecule has 0 aromatic heterocycles. The summed E-state index contributed by atoms with van der Waals surface area (Å²) in [6, 6.07) is 6.48. The SMILES string of the molecule is O=[N+]([O-])c1ccc(C2=[NH+]CCN2)cc1. The maximum Gasteiger partial charge on any atom is 0.275 e. The van der Waals surface area contributed by atoms with Crippen LogP contribution in [0.1, 0.15) is 5.56 Å². The summed E-state index contributed by atoms with van der Waals surface area (Å²) in [5.41, 5.74) is 1.07. The lowest BCUT2D eigenvalue weighted by atomic mass is 10.2. The number of rotatable bonds is 2. The smallest absolute Gasteiger partial charge is 0.270 e. The van der Waals surface area contributed by atoms with Crippen molar-refractivity contribution in [2.24, 2.45) is 0 Å². The predicted molar refractivity (Wildman–Crippen MR) is 51.0 cm³/mol. The molecule has 0 amide bonds. The monoisotopic (exact) mass is 192 g/mol. The highest BCUT2D eigenvalue weighted by molar-refractivity contribution is 5.95. The third kappa shape index (κ3) is 1.56. The van der Waals surface area contributed by atoms with Crippen molar-refractivity contribution in [2.75, 3.05) is 13.1 Å². The molecule has 0 fully saturated rings. The molecular formula is C9H10N3O2+. The Morgan fingerprint density at radius 3 is 2.57 bits per heavy atom. The summed E-state index contributed by atoms with van der Waals surface area (Å²) in [6.45, 7) is 1.79. The van der Waals surface area contributed by atoms with Crippen LogP contribution in [-0.4, -0.2) is 23.8 Å². The summed E-state index contributed by atoms with van der Waals surface area (Å²) < 4.78 is 0. The van der Waals surface area contributed by atoms with E-state index in [0.717, 1.165) is 24.5 Å². The van der Waals surface area contributed by atoms with E-state index in [1.165, 1.54) is 12.1 Å². The number of hydrogen-bond acceptors (Lipinski definition) is 3. The van der Waals surface area contributed by atoms with Gasteiger partial charge in [0, 0.05) is 12.1 Å². The van der Waals surface area contributed by atoms with Crippen LogP contribution in [0.3, 0.4) is 0 Å². The van der Waals surface area contributed by atoms with Crippen molar-refractivity contribution in [3.63, 3.8) is 0 Å². The Balaban J connectivity index is 2.25. The summed E-state index contributed by atoms with van der Waals surface area (Å²) in [4.78, 5) is 13.2. The van der Waals surface area contributed by atoms with Crippen LogP contribution >= 0.6 is 0 Å². The largest absolute Gasteiger partial charge is 0.275 e. The number of benzene rings is 1. The first kappa shape index (κ1) is 8.68. The van der Waals surface area contributed by atoms with Gasteiger partial charge in [0.1, 0.15) is 13.1 Å². The van der Waals surface area contributed by atoms with Crippen molar-refractivity contribution < 1.29 is 9.92 Å². The van der Waals surface area contributed by atoms with E-state index in [9.17, 15) is 10.1 Å². The van der Waals surface area contributed by atoms with Crippen molar-refractivity contribution in [2.45, 2.75) is 0 Å². The predicted octanol–water partition coefficient (Wildman–Crippen LogP) is -0.975.